The Labute approximate surface area is 441 Å². The highest BCUT2D eigenvalue weighted by atomic mass is 35.5. The zero-order valence-corrected chi connectivity index (χ0v) is 42.8. The van der Waals surface area contributed by atoms with Gasteiger partial charge < -0.3 is 90.0 Å². The van der Waals surface area contributed by atoms with E-state index in [1.165, 1.54) is 4.90 Å². The van der Waals surface area contributed by atoms with Gasteiger partial charge in [-0.05, 0) is 99.6 Å². The van der Waals surface area contributed by atoms with Crippen molar-refractivity contribution in [2.75, 3.05) is 63.9 Å². The number of rotatable bonds is 35. The number of amides is 3. The molecule has 0 aliphatic heterocycles. The van der Waals surface area contributed by atoms with Gasteiger partial charge in [0.15, 0.2) is 28.4 Å². The highest BCUT2D eigenvalue weighted by molar-refractivity contribution is 6.31. The third-order valence-electron chi connectivity index (χ3n) is 12.4. The predicted molar refractivity (Wildman–Crippen MR) is 281 cm³/mol. The molecule has 3 amide bonds. The van der Waals surface area contributed by atoms with Crippen LogP contribution in [0.15, 0.2) is 48.5 Å². The van der Waals surface area contributed by atoms with Crippen LogP contribution >= 0.6 is 11.6 Å². The Balaban J connectivity index is 1.52. The lowest BCUT2D eigenvalue weighted by molar-refractivity contribution is -0.130. The number of benzene rings is 2. The zero-order valence-electron chi connectivity index (χ0n) is 42.1. The maximum atomic E-state index is 13.6. The average molecular weight is 1080 g/mol. The van der Waals surface area contributed by atoms with Crippen molar-refractivity contribution in [1.29, 1.82) is 5.41 Å². The van der Waals surface area contributed by atoms with Crippen molar-refractivity contribution in [3.63, 3.8) is 0 Å². The minimum absolute atomic E-state index is 0.0352. The van der Waals surface area contributed by atoms with Crippen LogP contribution in [0.3, 0.4) is 0 Å². The van der Waals surface area contributed by atoms with Crippen molar-refractivity contribution in [2.24, 2.45) is 11.5 Å². The maximum absolute atomic E-state index is 13.6. The van der Waals surface area contributed by atoms with Gasteiger partial charge in [0.1, 0.15) is 42.7 Å². The number of nitrogen functional groups attached to an aromatic ring is 2. The van der Waals surface area contributed by atoms with Crippen LogP contribution in [0.2, 0.25) is 5.15 Å². The van der Waals surface area contributed by atoms with Gasteiger partial charge in [0, 0.05) is 26.2 Å². The van der Waals surface area contributed by atoms with Crippen LogP contribution in [0.4, 0.5) is 11.6 Å². The van der Waals surface area contributed by atoms with Gasteiger partial charge in [-0.1, -0.05) is 66.6 Å². The molecule has 2 unspecified atom stereocenters. The van der Waals surface area contributed by atoms with Gasteiger partial charge in [-0.2, -0.15) is 0 Å². The third-order valence-corrected chi connectivity index (χ3v) is 12.7. The summed E-state index contributed by atoms with van der Waals surface area (Å²) in [6, 6.07) is 14.4. The van der Waals surface area contributed by atoms with Gasteiger partial charge in [0.05, 0.1) is 31.5 Å². The molecule has 0 saturated heterocycles. The predicted octanol–water partition coefficient (Wildman–Crippen LogP) is -3.43. The second-order valence-electron chi connectivity index (χ2n) is 18.4. The van der Waals surface area contributed by atoms with Crippen LogP contribution in [-0.4, -0.2) is 203 Å². The lowest BCUT2D eigenvalue weighted by Crippen LogP contribution is -2.53. The summed E-state index contributed by atoms with van der Waals surface area (Å²) in [6.07, 6.45) is -8.93. The quantitative estimate of drug-likeness (QED) is 0.0155. The Morgan fingerprint density at radius 1 is 0.627 bits per heavy atom. The molecule has 0 bridgehead atoms. The van der Waals surface area contributed by atoms with E-state index in [-0.39, 0.29) is 54.2 Å². The number of guanidine groups is 1. The van der Waals surface area contributed by atoms with Gasteiger partial charge in [-0.3, -0.25) is 30.0 Å². The third kappa shape index (κ3) is 22.1. The number of anilines is 2. The monoisotopic (exact) mass is 1080 g/mol. The van der Waals surface area contributed by atoms with Gasteiger partial charge in [-0.15, -0.1) is 0 Å². The number of hydrogen-bond donors (Lipinski definition) is 19. The minimum Gasteiger partial charge on any atom is -0.394 e. The lowest BCUT2D eigenvalue weighted by Gasteiger charge is -2.33. The molecule has 0 aliphatic carbocycles. The van der Waals surface area contributed by atoms with Crippen LogP contribution in [-0.2, 0) is 22.4 Å². The molecular formula is C49H79ClN12O13. The summed E-state index contributed by atoms with van der Waals surface area (Å²) in [4.78, 5) is 48.1. The second-order valence-corrected chi connectivity index (χ2v) is 18.8. The number of aliphatic hydroxyl groups is 10. The first-order valence-corrected chi connectivity index (χ1v) is 25.4. The molecule has 0 radical (unpaired) electrons. The minimum atomic E-state index is -1.95. The van der Waals surface area contributed by atoms with E-state index in [9.17, 15) is 65.4 Å². The first kappa shape index (κ1) is 64.1. The Kier molecular flexibility index (Phi) is 28.8. The topological polar surface area (TPSA) is 459 Å². The SMILES string of the molecule is N=C(NCCCCc1ccc(-c2ccc(CCCNC(=O)C(CCCCN(C[C@H](O)[C@@H](O)[C@H](O)[C@H](O)CO)C[C@H](O)[C@@H](O)[C@H](O)[C@H](O)CO)NC(=O)C(N)CCCCN)cc2)cc1)NC(=O)c1nc(Cl)c(N)nc1N. The number of aromatic nitrogens is 2. The molecular weight excluding hydrogens is 1000 g/mol. The summed E-state index contributed by atoms with van der Waals surface area (Å²) in [5.41, 5.74) is 27.0. The van der Waals surface area contributed by atoms with Crippen LogP contribution in [0.25, 0.3) is 11.1 Å². The number of aliphatic hydroxyl groups excluding tert-OH is 10. The molecule has 420 valence electrons. The zero-order chi connectivity index (χ0) is 55.6. The van der Waals surface area contributed by atoms with Crippen molar-refractivity contribution in [2.45, 2.75) is 132 Å². The number of halogens is 1. The van der Waals surface area contributed by atoms with E-state index in [0.29, 0.717) is 51.7 Å². The van der Waals surface area contributed by atoms with Gasteiger partial charge >= 0.3 is 0 Å². The van der Waals surface area contributed by atoms with E-state index < -0.39 is 105 Å². The smallest absolute Gasteiger partial charge is 0.280 e. The van der Waals surface area contributed by atoms with E-state index in [4.69, 9.17) is 39.9 Å². The molecule has 0 aliphatic rings. The Morgan fingerprint density at radius 3 is 1.67 bits per heavy atom. The number of nitrogens with two attached hydrogens (primary N) is 4. The molecule has 3 rings (SSSR count). The normalized spacial score (nSPS) is 15.7. The molecule has 0 fully saturated rings. The van der Waals surface area contributed by atoms with Crippen molar-refractivity contribution in [3.8, 4) is 11.1 Å². The number of aryl methyl sites for hydroxylation is 2. The largest absolute Gasteiger partial charge is 0.394 e. The van der Waals surface area contributed by atoms with Crippen molar-refractivity contribution in [3.05, 3.63) is 70.5 Å². The van der Waals surface area contributed by atoms with E-state index in [0.717, 1.165) is 41.5 Å². The van der Waals surface area contributed by atoms with Gasteiger partial charge in [0.2, 0.25) is 11.8 Å². The van der Waals surface area contributed by atoms with Gasteiger partial charge in [0.25, 0.3) is 5.91 Å². The molecule has 0 saturated carbocycles. The van der Waals surface area contributed by atoms with Gasteiger partial charge in [-0.25, -0.2) is 9.97 Å². The molecule has 3 aromatic rings. The maximum Gasteiger partial charge on any atom is 0.280 e. The summed E-state index contributed by atoms with van der Waals surface area (Å²) >= 11 is 5.84. The van der Waals surface area contributed by atoms with Crippen molar-refractivity contribution in [1.82, 2.24) is 36.1 Å². The summed E-state index contributed by atoms with van der Waals surface area (Å²) in [6.45, 7) is -1.52. The van der Waals surface area contributed by atoms with E-state index in [2.05, 4.69) is 43.4 Å². The molecule has 2 aromatic carbocycles. The van der Waals surface area contributed by atoms with Crippen LogP contribution in [0.5, 0.6) is 0 Å². The Bertz CT molecular complexity index is 2160. The highest BCUT2D eigenvalue weighted by Crippen LogP contribution is 2.22. The van der Waals surface area contributed by atoms with Crippen LogP contribution in [0.1, 0.15) is 79.4 Å². The number of carbonyl (C=O) groups is 3. The second kappa shape index (κ2) is 33.7. The first-order chi connectivity index (χ1) is 35.7. The number of carbonyl (C=O) groups excluding carboxylic acids is 3. The van der Waals surface area contributed by atoms with E-state index in [1.54, 1.807) is 0 Å². The molecule has 25 nitrogen and oxygen atoms in total. The molecule has 0 spiro atoms. The number of hydrogen-bond acceptors (Lipinski definition) is 21. The number of unbranched alkanes of at least 4 members (excludes halogenated alkanes) is 3. The molecule has 1 heterocycles. The number of nitrogens with one attached hydrogen (secondary N) is 5. The Morgan fingerprint density at radius 2 is 1.13 bits per heavy atom. The average Bonchev–Trinajstić information content (AvgIpc) is 3.40. The lowest BCUT2D eigenvalue weighted by atomic mass is 9.99. The molecule has 75 heavy (non-hydrogen) atoms. The fraction of sp³-hybridized carbons (Fsp3) is 0.592. The van der Waals surface area contributed by atoms with Crippen LogP contribution in [0, 0.1) is 5.41 Å². The fourth-order valence-electron chi connectivity index (χ4n) is 7.85. The molecule has 26 heteroatoms. The molecule has 1 aromatic heterocycles. The van der Waals surface area contributed by atoms with E-state index >= 15 is 0 Å². The van der Waals surface area contributed by atoms with Crippen molar-refractivity contribution >= 4 is 46.9 Å². The highest BCUT2D eigenvalue weighted by Gasteiger charge is 2.34. The fourth-order valence-corrected chi connectivity index (χ4v) is 7.97. The van der Waals surface area contributed by atoms with Crippen molar-refractivity contribution < 1.29 is 65.4 Å². The summed E-state index contributed by atoms with van der Waals surface area (Å²) in [5.74, 6) is -2.24. The first-order valence-electron chi connectivity index (χ1n) is 25.0. The number of nitrogens with zero attached hydrogens (tertiary/aromatic N) is 3. The summed E-state index contributed by atoms with van der Waals surface area (Å²) in [7, 11) is 0. The summed E-state index contributed by atoms with van der Waals surface area (Å²) < 4.78 is 0. The Hall–Kier alpha value is -5.23. The molecule has 10 atom stereocenters. The molecule has 23 N–H and O–H groups in total. The standard InChI is InChI=1S/C49H79ClN12O13/c50-43-45(54)60-44(53)38(59-43)48(75)61-49(55)57-21-5-2-8-28-12-16-30(17-13-28)31-18-14-29(15-19-31)9-7-22-56-47(74)33(58-46(73)32(52)10-1-4-20-51)11-3-6-23-62(24-34(65)39(69)41(71)36(67)26-63)25-35(66)40(70)42(72)37(68)27-64/h12-19,32-37,39-42,63-72H,1-11,20-27,51-52H2,(H,56,74)(H,58,73)(H4,53,54,60)(H3,55,57,61,75)/t32?,33?,34-,35-,36+,37+,39+,40+,41+,42+/m0/s1. The summed E-state index contributed by atoms with van der Waals surface area (Å²) in [5, 5.41) is 119. The van der Waals surface area contributed by atoms with E-state index in [1.807, 2.05) is 36.4 Å². The van der Waals surface area contributed by atoms with Crippen LogP contribution < -0.4 is 44.2 Å².